The van der Waals surface area contributed by atoms with E-state index in [1.54, 1.807) is 32.7 Å². The third-order valence-corrected chi connectivity index (χ3v) is 3.84. The molecular weight excluding hydrogens is 330 g/mol. The van der Waals surface area contributed by atoms with Crippen LogP contribution in [0.2, 0.25) is 0 Å². The number of ether oxygens (including phenoxy) is 1. The SMILES string of the molecule is Cn1ncc([N+](=O)[O-])c1N1CC[C@H](NC(=O)OC(C)(C)C)C[C@@H](O)C1. The van der Waals surface area contributed by atoms with E-state index in [4.69, 9.17) is 4.74 Å². The van der Waals surface area contributed by atoms with Gasteiger partial charge in [-0.3, -0.25) is 10.1 Å². The van der Waals surface area contributed by atoms with Crippen LogP contribution in [0.15, 0.2) is 6.20 Å². The van der Waals surface area contributed by atoms with Crippen LogP contribution in [0.1, 0.15) is 33.6 Å². The highest BCUT2D eigenvalue weighted by molar-refractivity contribution is 5.68. The smallest absolute Gasteiger partial charge is 0.407 e. The van der Waals surface area contributed by atoms with Crippen LogP contribution in [0.25, 0.3) is 0 Å². The van der Waals surface area contributed by atoms with Crippen LogP contribution >= 0.6 is 0 Å². The molecule has 0 aliphatic carbocycles. The second kappa shape index (κ2) is 7.26. The van der Waals surface area contributed by atoms with Crippen molar-refractivity contribution in [3.63, 3.8) is 0 Å². The molecule has 0 spiro atoms. The first-order chi connectivity index (χ1) is 11.6. The van der Waals surface area contributed by atoms with Crippen LogP contribution in [-0.4, -0.2) is 56.7 Å². The standard InChI is InChI=1S/C15H25N5O5/c1-15(2,3)25-14(22)17-10-5-6-19(9-11(21)7-10)13-12(20(23)24)8-16-18(13)4/h8,10-11,21H,5-7,9H2,1-4H3,(H,17,22)/t10-,11+/m0/s1. The molecule has 0 aromatic carbocycles. The lowest BCUT2D eigenvalue weighted by Crippen LogP contribution is -2.40. The molecule has 1 fully saturated rings. The van der Waals surface area contributed by atoms with Gasteiger partial charge in [-0.05, 0) is 33.6 Å². The summed E-state index contributed by atoms with van der Waals surface area (Å²) < 4.78 is 6.66. The van der Waals surface area contributed by atoms with Crippen molar-refractivity contribution in [2.45, 2.75) is 51.4 Å². The third-order valence-electron chi connectivity index (χ3n) is 3.84. The summed E-state index contributed by atoms with van der Waals surface area (Å²) in [5, 5.41) is 28.1. The van der Waals surface area contributed by atoms with Crippen LogP contribution in [0, 0.1) is 10.1 Å². The third kappa shape index (κ3) is 5.05. The van der Waals surface area contributed by atoms with Crippen LogP contribution in [0.4, 0.5) is 16.3 Å². The maximum atomic E-state index is 11.9. The monoisotopic (exact) mass is 355 g/mol. The number of nitrogens with one attached hydrogen (secondary N) is 1. The van der Waals surface area contributed by atoms with Gasteiger partial charge in [0, 0.05) is 26.2 Å². The number of carbonyl (C=O) groups is 1. The normalized spacial score (nSPS) is 21.6. The Labute approximate surface area is 145 Å². The van der Waals surface area contributed by atoms with E-state index >= 15 is 0 Å². The van der Waals surface area contributed by atoms with E-state index in [1.807, 2.05) is 0 Å². The van der Waals surface area contributed by atoms with Crippen molar-refractivity contribution in [2.24, 2.45) is 7.05 Å². The van der Waals surface area contributed by atoms with Crippen LogP contribution < -0.4 is 10.2 Å². The molecule has 2 heterocycles. The van der Waals surface area contributed by atoms with E-state index in [1.165, 1.54) is 10.9 Å². The van der Waals surface area contributed by atoms with Gasteiger partial charge in [0.15, 0.2) is 0 Å². The molecule has 140 valence electrons. The first-order valence-electron chi connectivity index (χ1n) is 8.15. The summed E-state index contributed by atoms with van der Waals surface area (Å²) in [6, 6.07) is -0.276. The molecule has 10 heteroatoms. The molecule has 10 nitrogen and oxygen atoms in total. The van der Waals surface area contributed by atoms with Gasteiger partial charge in [0.05, 0.1) is 11.0 Å². The van der Waals surface area contributed by atoms with Gasteiger partial charge in [-0.25, -0.2) is 9.48 Å². The van der Waals surface area contributed by atoms with Gasteiger partial charge in [-0.15, -0.1) is 0 Å². The zero-order valence-electron chi connectivity index (χ0n) is 14.9. The molecule has 0 unspecified atom stereocenters. The van der Waals surface area contributed by atoms with Gasteiger partial charge in [-0.1, -0.05) is 0 Å². The van der Waals surface area contributed by atoms with Gasteiger partial charge < -0.3 is 20.1 Å². The fraction of sp³-hybridized carbons (Fsp3) is 0.733. The Hall–Kier alpha value is -2.36. The maximum absolute atomic E-state index is 11.9. The Morgan fingerprint density at radius 3 is 2.80 bits per heavy atom. The Balaban J connectivity index is 2.07. The number of anilines is 1. The Morgan fingerprint density at radius 2 is 2.20 bits per heavy atom. The van der Waals surface area contributed by atoms with Gasteiger partial charge in [0.1, 0.15) is 11.8 Å². The number of aliphatic hydroxyl groups is 1. The van der Waals surface area contributed by atoms with E-state index in [9.17, 15) is 20.0 Å². The van der Waals surface area contributed by atoms with E-state index in [2.05, 4.69) is 10.4 Å². The van der Waals surface area contributed by atoms with Gasteiger partial charge >= 0.3 is 11.8 Å². The van der Waals surface area contributed by atoms with Crippen molar-refractivity contribution < 1.29 is 19.6 Å². The lowest BCUT2D eigenvalue weighted by Gasteiger charge is -2.23. The number of hydrogen-bond donors (Lipinski definition) is 2. The minimum atomic E-state index is -0.739. The van der Waals surface area contributed by atoms with Gasteiger partial charge in [0.25, 0.3) is 0 Å². The lowest BCUT2D eigenvalue weighted by atomic mass is 10.1. The fourth-order valence-corrected chi connectivity index (χ4v) is 2.89. The molecule has 1 amide bonds. The average molecular weight is 355 g/mol. The number of nitrogens with zero attached hydrogens (tertiary/aromatic N) is 4. The van der Waals surface area contributed by atoms with E-state index < -0.39 is 22.7 Å². The molecule has 1 aliphatic heterocycles. The summed E-state index contributed by atoms with van der Waals surface area (Å²) in [4.78, 5) is 24.3. The predicted molar refractivity (Wildman–Crippen MR) is 90.5 cm³/mol. The zero-order chi connectivity index (χ0) is 18.8. The highest BCUT2D eigenvalue weighted by Gasteiger charge is 2.31. The first-order valence-corrected chi connectivity index (χ1v) is 8.15. The van der Waals surface area contributed by atoms with Crippen LogP contribution in [0.5, 0.6) is 0 Å². The molecule has 0 saturated carbocycles. The Kier molecular flexibility index (Phi) is 5.51. The predicted octanol–water partition coefficient (Wildman–Crippen LogP) is 1.18. The van der Waals surface area contributed by atoms with Crippen molar-refractivity contribution in [3.05, 3.63) is 16.3 Å². The molecule has 1 aliphatic rings. The summed E-state index contributed by atoms with van der Waals surface area (Å²) in [7, 11) is 1.62. The molecule has 0 radical (unpaired) electrons. The highest BCUT2D eigenvalue weighted by Crippen LogP contribution is 2.29. The molecular formula is C15H25N5O5. The van der Waals surface area contributed by atoms with Crippen molar-refractivity contribution in [2.75, 3.05) is 18.0 Å². The summed E-state index contributed by atoms with van der Waals surface area (Å²) >= 11 is 0. The number of alkyl carbamates (subject to hydrolysis) is 1. The zero-order valence-corrected chi connectivity index (χ0v) is 14.9. The number of aryl methyl sites for hydroxylation is 1. The quantitative estimate of drug-likeness (QED) is 0.616. The van der Waals surface area contributed by atoms with Crippen molar-refractivity contribution in [1.29, 1.82) is 0 Å². The molecule has 1 aromatic heterocycles. The number of β-amino-alcohol motifs (C(OH)–C–C–N with tert-alkyl or cyclic N) is 1. The second-order valence-electron chi connectivity index (χ2n) is 7.20. The number of carbonyl (C=O) groups excluding carboxylic acids is 1. The number of aromatic nitrogens is 2. The van der Waals surface area contributed by atoms with Crippen molar-refractivity contribution >= 4 is 17.6 Å². The minimum Gasteiger partial charge on any atom is -0.444 e. The molecule has 25 heavy (non-hydrogen) atoms. The fourth-order valence-electron chi connectivity index (χ4n) is 2.89. The van der Waals surface area contributed by atoms with Crippen molar-refractivity contribution in [3.8, 4) is 0 Å². The molecule has 2 N–H and O–H groups in total. The molecule has 1 saturated heterocycles. The first kappa shape index (κ1) is 19.0. The number of amides is 1. The minimum absolute atomic E-state index is 0.103. The van der Waals surface area contributed by atoms with Crippen LogP contribution in [0.3, 0.4) is 0 Å². The average Bonchev–Trinajstić information content (AvgIpc) is 2.73. The van der Waals surface area contributed by atoms with Gasteiger partial charge in [-0.2, -0.15) is 5.10 Å². The van der Waals surface area contributed by atoms with Crippen molar-refractivity contribution in [1.82, 2.24) is 15.1 Å². The van der Waals surface area contributed by atoms with Crippen LogP contribution in [-0.2, 0) is 11.8 Å². The number of rotatable bonds is 3. The maximum Gasteiger partial charge on any atom is 0.407 e. The Morgan fingerprint density at radius 1 is 1.52 bits per heavy atom. The molecule has 2 rings (SSSR count). The van der Waals surface area contributed by atoms with E-state index in [0.29, 0.717) is 25.2 Å². The summed E-state index contributed by atoms with van der Waals surface area (Å²) in [6.07, 6.45) is 0.796. The molecule has 0 bridgehead atoms. The highest BCUT2D eigenvalue weighted by atomic mass is 16.6. The Bertz CT molecular complexity index is 639. The number of hydrogen-bond acceptors (Lipinski definition) is 7. The molecule has 2 atom stereocenters. The molecule has 1 aromatic rings. The van der Waals surface area contributed by atoms with E-state index in [0.717, 1.165) is 0 Å². The number of aliphatic hydroxyl groups excluding tert-OH is 1. The summed E-state index contributed by atoms with van der Waals surface area (Å²) in [6.45, 7) is 6.00. The lowest BCUT2D eigenvalue weighted by molar-refractivity contribution is -0.384. The van der Waals surface area contributed by atoms with Gasteiger partial charge in [0.2, 0.25) is 5.82 Å². The topological polar surface area (TPSA) is 123 Å². The second-order valence-corrected chi connectivity index (χ2v) is 7.20. The summed E-state index contributed by atoms with van der Waals surface area (Å²) in [5.41, 5.74) is -0.706. The number of nitro groups is 1. The summed E-state index contributed by atoms with van der Waals surface area (Å²) in [5.74, 6) is 0.349. The largest absolute Gasteiger partial charge is 0.444 e. The van der Waals surface area contributed by atoms with E-state index in [-0.39, 0.29) is 18.3 Å².